The summed E-state index contributed by atoms with van der Waals surface area (Å²) in [6.45, 7) is 3.28. The summed E-state index contributed by atoms with van der Waals surface area (Å²) in [5, 5.41) is 13.8. The fraction of sp³-hybridized carbons (Fsp3) is 0.263. The van der Waals surface area contributed by atoms with Crippen molar-refractivity contribution in [1.82, 2.24) is 0 Å². The van der Waals surface area contributed by atoms with Crippen molar-refractivity contribution in [2.75, 3.05) is 18.7 Å². The molecule has 1 amide bonds. The molecule has 0 aromatic heterocycles. The Morgan fingerprint density at radius 2 is 1.93 bits per heavy atom. The molecule has 0 spiro atoms. The number of esters is 1. The summed E-state index contributed by atoms with van der Waals surface area (Å²) in [5.74, 6) is -0.900. The molecule has 0 fully saturated rings. The van der Waals surface area contributed by atoms with Crippen LogP contribution in [0.1, 0.15) is 22.8 Å². The van der Waals surface area contributed by atoms with Gasteiger partial charge in [-0.1, -0.05) is 6.07 Å². The Morgan fingerprint density at radius 1 is 1.21 bits per heavy atom. The van der Waals surface area contributed by atoms with Crippen molar-refractivity contribution in [3.63, 3.8) is 0 Å². The summed E-state index contributed by atoms with van der Waals surface area (Å²) in [5.41, 5.74) is 1.18. The predicted molar refractivity (Wildman–Crippen MR) is 106 cm³/mol. The number of hydrogen-bond acceptors (Lipinski definition) is 7. The van der Waals surface area contributed by atoms with Gasteiger partial charge in [0.2, 0.25) is 0 Å². The maximum atomic E-state index is 12.4. The van der Waals surface area contributed by atoms with Crippen LogP contribution in [-0.2, 0) is 9.53 Å². The van der Waals surface area contributed by atoms with Gasteiger partial charge in [-0.15, -0.1) is 11.8 Å². The van der Waals surface area contributed by atoms with E-state index in [0.717, 1.165) is 11.6 Å². The summed E-state index contributed by atoms with van der Waals surface area (Å²) in [6.07, 6.45) is 0.587. The second kappa shape index (κ2) is 9.23. The zero-order chi connectivity index (χ0) is 20.8. The van der Waals surface area contributed by atoms with E-state index < -0.39 is 22.9 Å². The Bertz CT molecular complexity index is 915. The van der Waals surface area contributed by atoms with Gasteiger partial charge in [0, 0.05) is 6.07 Å². The van der Waals surface area contributed by atoms with E-state index in [9.17, 15) is 19.7 Å². The van der Waals surface area contributed by atoms with Gasteiger partial charge in [0.1, 0.15) is 5.75 Å². The molecule has 0 saturated carbocycles. The normalized spacial score (nSPS) is 11.4. The highest BCUT2D eigenvalue weighted by Crippen LogP contribution is 2.29. The van der Waals surface area contributed by atoms with Crippen LogP contribution in [0.15, 0.2) is 41.3 Å². The van der Waals surface area contributed by atoms with Gasteiger partial charge in [-0.2, -0.15) is 0 Å². The molecule has 0 unspecified atom stereocenters. The lowest BCUT2D eigenvalue weighted by atomic mass is 10.2. The number of aryl methyl sites for hydroxylation is 1. The number of amides is 1. The highest BCUT2D eigenvalue weighted by atomic mass is 32.2. The number of nitrogens with one attached hydrogen (secondary N) is 1. The number of thioether (sulfide) groups is 1. The predicted octanol–water partition coefficient (Wildman–Crippen LogP) is 3.82. The molecular weight excluding hydrogens is 384 g/mol. The quantitative estimate of drug-likeness (QED) is 0.323. The molecule has 0 aliphatic carbocycles. The SMILES string of the molecule is COc1ccc(C)cc1NC(=O)[C@@H](C)OC(=O)c1ccc(SC)c([N+](=O)[O-])c1. The van der Waals surface area contributed by atoms with Gasteiger partial charge in [-0.3, -0.25) is 14.9 Å². The topological polar surface area (TPSA) is 108 Å². The number of ether oxygens (including phenoxy) is 2. The molecule has 2 aromatic rings. The van der Waals surface area contributed by atoms with E-state index in [1.807, 2.05) is 13.0 Å². The molecule has 8 nitrogen and oxygen atoms in total. The Kier molecular flexibility index (Phi) is 7.00. The molecule has 2 aromatic carbocycles. The maximum absolute atomic E-state index is 12.4. The summed E-state index contributed by atoms with van der Waals surface area (Å²) in [7, 11) is 1.48. The second-order valence-electron chi connectivity index (χ2n) is 5.88. The largest absolute Gasteiger partial charge is 0.495 e. The lowest BCUT2D eigenvalue weighted by Gasteiger charge is -2.15. The fourth-order valence-corrected chi connectivity index (χ4v) is 2.94. The third kappa shape index (κ3) is 5.01. The van der Waals surface area contributed by atoms with Gasteiger partial charge in [0.25, 0.3) is 11.6 Å². The number of carbonyl (C=O) groups excluding carboxylic acids is 2. The van der Waals surface area contributed by atoms with E-state index in [1.54, 1.807) is 18.4 Å². The average Bonchev–Trinajstić information content (AvgIpc) is 2.67. The van der Waals surface area contributed by atoms with E-state index in [1.165, 1.54) is 37.9 Å². The molecule has 1 N–H and O–H groups in total. The van der Waals surface area contributed by atoms with Crippen LogP contribution in [0.5, 0.6) is 5.75 Å². The number of nitro groups is 1. The van der Waals surface area contributed by atoms with E-state index in [2.05, 4.69) is 5.32 Å². The van der Waals surface area contributed by atoms with Crippen LogP contribution in [0.25, 0.3) is 0 Å². The van der Waals surface area contributed by atoms with Crippen molar-refractivity contribution >= 4 is 35.0 Å². The van der Waals surface area contributed by atoms with Gasteiger partial charge < -0.3 is 14.8 Å². The standard InChI is InChI=1S/C19H20N2O6S/c1-11-5-7-16(26-3)14(9-11)20-18(22)12(2)27-19(23)13-6-8-17(28-4)15(10-13)21(24)25/h5-10,12H,1-4H3,(H,20,22)/t12-/m1/s1. The van der Waals surface area contributed by atoms with Crippen molar-refractivity contribution < 1.29 is 24.0 Å². The summed E-state index contributed by atoms with van der Waals surface area (Å²) < 4.78 is 10.4. The highest BCUT2D eigenvalue weighted by molar-refractivity contribution is 7.98. The van der Waals surface area contributed by atoms with Crippen LogP contribution in [0.4, 0.5) is 11.4 Å². The van der Waals surface area contributed by atoms with Gasteiger partial charge in [-0.05, 0) is 49.9 Å². The number of rotatable bonds is 7. The number of nitro benzene ring substituents is 1. The number of benzene rings is 2. The number of nitrogens with zero attached hydrogens (tertiary/aromatic N) is 1. The van der Waals surface area contributed by atoms with Crippen LogP contribution in [0.3, 0.4) is 0 Å². The Morgan fingerprint density at radius 3 is 2.54 bits per heavy atom. The Labute approximate surface area is 166 Å². The average molecular weight is 404 g/mol. The number of anilines is 1. The molecule has 0 heterocycles. The first kappa shape index (κ1) is 21.2. The number of methoxy groups -OCH3 is 1. The lowest BCUT2D eigenvalue weighted by Crippen LogP contribution is -2.30. The first-order chi connectivity index (χ1) is 13.3. The lowest BCUT2D eigenvalue weighted by molar-refractivity contribution is -0.387. The molecule has 0 bridgehead atoms. The molecule has 148 valence electrons. The molecule has 0 radical (unpaired) electrons. The zero-order valence-corrected chi connectivity index (χ0v) is 16.7. The van der Waals surface area contributed by atoms with E-state index in [0.29, 0.717) is 16.3 Å². The molecule has 1 atom stereocenters. The molecule has 28 heavy (non-hydrogen) atoms. The van der Waals surface area contributed by atoms with E-state index in [4.69, 9.17) is 9.47 Å². The summed E-state index contributed by atoms with van der Waals surface area (Å²) >= 11 is 1.20. The Balaban J connectivity index is 2.12. The molecule has 9 heteroatoms. The third-order valence-electron chi connectivity index (χ3n) is 3.88. The first-order valence-corrected chi connectivity index (χ1v) is 9.48. The van der Waals surface area contributed by atoms with Crippen molar-refractivity contribution in [3.05, 3.63) is 57.6 Å². The number of carbonyl (C=O) groups is 2. The van der Waals surface area contributed by atoms with Crippen molar-refractivity contribution in [2.45, 2.75) is 24.8 Å². The highest BCUT2D eigenvalue weighted by Gasteiger charge is 2.23. The summed E-state index contributed by atoms with van der Waals surface area (Å²) in [4.78, 5) is 35.7. The van der Waals surface area contributed by atoms with Gasteiger partial charge in [0.05, 0.1) is 28.2 Å². The second-order valence-corrected chi connectivity index (χ2v) is 6.73. The van der Waals surface area contributed by atoms with Crippen LogP contribution in [0, 0.1) is 17.0 Å². The van der Waals surface area contributed by atoms with Crippen LogP contribution >= 0.6 is 11.8 Å². The third-order valence-corrected chi connectivity index (χ3v) is 4.66. The minimum absolute atomic E-state index is 0.00251. The molecule has 2 rings (SSSR count). The number of hydrogen-bond donors (Lipinski definition) is 1. The van der Waals surface area contributed by atoms with E-state index >= 15 is 0 Å². The van der Waals surface area contributed by atoms with Gasteiger partial charge in [-0.25, -0.2) is 4.79 Å². The monoisotopic (exact) mass is 404 g/mol. The van der Waals surface area contributed by atoms with Crippen LogP contribution in [-0.4, -0.2) is 36.3 Å². The Hall–Kier alpha value is -3.07. The molecule has 0 saturated heterocycles. The van der Waals surface area contributed by atoms with Crippen molar-refractivity contribution in [1.29, 1.82) is 0 Å². The smallest absolute Gasteiger partial charge is 0.339 e. The van der Waals surface area contributed by atoms with Crippen molar-refractivity contribution in [3.8, 4) is 5.75 Å². The molecule has 0 aliphatic rings. The summed E-state index contributed by atoms with van der Waals surface area (Å²) in [6, 6.07) is 9.33. The minimum Gasteiger partial charge on any atom is -0.495 e. The van der Waals surface area contributed by atoms with Crippen LogP contribution < -0.4 is 10.1 Å². The zero-order valence-electron chi connectivity index (χ0n) is 15.8. The van der Waals surface area contributed by atoms with Crippen molar-refractivity contribution in [2.24, 2.45) is 0 Å². The first-order valence-electron chi connectivity index (χ1n) is 8.25. The van der Waals surface area contributed by atoms with Crippen LogP contribution in [0.2, 0.25) is 0 Å². The molecular formula is C19H20N2O6S. The van der Waals surface area contributed by atoms with E-state index in [-0.39, 0.29) is 11.3 Å². The maximum Gasteiger partial charge on any atom is 0.339 e. The fourth-order valence-electron chi connectivity index (χ4n) is 2.40. The van der Waals surface area contributed by atoms with Gasteiger partial charge >= 0.3 is 5.97 Å². The minimum atomic E-state index is -1.11. The molecule has 0 aliphatic heterocycles. The van der Waals surface area contributed by atoms with Gasteiger partial charge in [0.15, 0.2) is 6.10 Å².